The third kappa shape index (κ3) is 2.98. The Labute approximate surface area is 88.4 Å². The van der Waals surface area contributed by atoms with Gasteiger partial charge in [0.15, 0.2) is 0 Å². The van der Waals surface area contributed by atoms with Crippen molar-refractivity contribution in [2.75, 3.05) is 0 Å². The molecule has 2 fully saturated rings. The molecule has 0 spiro atoms. The number of hydrogen-bond acceptors (Lipinski definition) is 1. The molecule has 0 amide bonds. The van der Waals surface area contributed by atoms with E-state index in [9.17, 15) is 0 Å². The third-order valence-corrected chi connectivity index (χ3v) is 4.18. The minimum Gasteiger partial charge on any atom is -0.327 e. The van der Waals surface area contributed by atoms with Crippen LogP contribution in [0.5, 0.6) is 0 Å². The second kappa shape index (κ2) is 4.65. The zero-order chi connectivity index (χ0) is 9.97. The minimum atomic E-state index is 0.534. The summed E-state index contributed by atoms with van der Waals surface area (Å²) >= 11 is 0. The SMILES string of the molecule is CC1CCCC(CCC(N)C2CC2)C1. The van der Waals surface area contributed by atoms with Crippen molar-refractivity contribution >= 4 is 0 Å². The Morgan fingerprint density at radius 1 is 1.21 bits per heavy atom. The average Bonchev–Trinajstić information content (AvgIpc) is 2.97. The molecule has 0 radical (unpaired) electrons. The molecule has 1 nitrogen and oxygen atoms in total. The maximum Gasteiger partial charge on any atom is 0.00672 e. The molecule has 0 aromatic heterocycles. The van der Waals surface area contributed by atoms with Crippen LogP contribution in [0.1, 0.15) is 58.3 Å². The largest absolute Gasteiger partial charge is 0.327 e. The van der Waals surface area contributed by atoms with Crippen LogP contribution in [0.4, 0.5) is 0 Å². The van der Waals surface area contributed by atoms with Crippen LogP contribution >= 0.6 is 0 Å². The van der Waals surface area contributed by atoms with E-state index in [1.54, 1.807) is 0 Å². The first-order chi connectivity index (χ1) is 6.75. The predicted octanol–water partition coefficient (Wildman–Crippen LogP) is 3.33. The topological polar surface area (TPSA) is 26.0 Å². The molecule has 0 heterocycles. The van der Waals surface area contributed by atoms with Crippen LogP contribution in [0.25, 0.3) is 0 Å². The van der Waals surface area contributed by atoms with Gasteiger partial charge in [-0.05, 0) is 49.9 Å². The van der Waals surface area contributed by atoms with Crippen molar-refractivity contribution in [1.82, 2.24) is 0 Å². The molecule has 2 saturated carbocycles. The summed E-state index contributed by atoms with van der Waals surface area (Å²) in [4.78, 5) is 0. The summed E-state index contributed by atoms with van der Waals surface area (Å²) in [7, 11) is 0. The molecule has 2 N–H and O–H groups in total. The number of nitrogens with two attached hydrogens (primary N) is 1. The summed E-state index contributed by atoms with van der Waals surface area (Å²) in [6.45, 7) is 2.41. The molecule has 0 saturated heterocycles. The van der Waals surface area contributed by atoms with Crippen molar-refractivity contribution < 1.29 is 0 Å². The molecule has 14 heavy (non-hydrogen) atoms. The van der Waals surface area contributed by atoms with Crippen molar-refractivity contribution in [1.29, 1.82) is 0 Å². The normalized spacial score (nSPS) is 35.6. The monoisotopic (exact) mass is 195 g/mol. The Morgan fingerprint density at radius 2 is 2.00 bits per heavy atom. The molecule has 0 aromatic rings. The maximum absolute atomic E-state index is 6.13. The molecule has 1 heteroatoms. The fourth-order valence-electron chi connectivity index (χ4n) is 3.01. The van der Waals surface area contributed by atoms with Crippen molar-refractivity contribution in [3.05, 3.63) is 0 Å². The summed E-state index contributed by atoms with van der Waals surface area (Å²) in [6.07, 6.45) is 11.4. The zero-order valence-corrected chi connectivity index (χ0v) is 9.54. The van der Waals surface area contributed by atoms with Gasteiger partial charge in [-0.2, -0.15) is 0 Å². The first-order valence-electron chi connectivity index (χ1n) is 6.51. The van der Waals surface area contributed by atoms with Gasteiger partial charge in [-0.3, -0.25) is 0 Å². The molecule has 3 unspecified atom stereocenters. The second-order valence-electron chi connectivity index (χ2n) is 5.72. The molecular formula is C13H25N. The second-order valence-corrected chi connectivity index (χ2v) is 5.72. The Bertz CT molecular complexity index is 174. The molecule has 3 atom stereocenters. The van der Waals surface area contributed by atoms with Gasteiger partial charge in [-0.25, -0.2) is 0 Å². The summed E-state index contributed by atoms with van der Waals surface area (Å²) in [5, 5.41) is 0. The van der Waals surface area contributed by atoms with E-state index in [2.05, 4.69) is 6.92 Å². The van der Waals surface area contributed by atoms with Crippen LogP contribution in [0, 0.1) is 17.8 Å². The van der Waals surface area contributed by atoms with Gasteiger partial charge < -0.3 is 5.73 Å². The summed E-state index contributed by atoms with van der Waals surface area (Å²) in [5.41, 5.74) is 6.13. The van der Waals surface area contributed by atoms with Crippen LogP contribution in [0.2, 0.25) is 0 Å². The van der Waals surface area contributed by atoms with Gasteiger partial charge in [-0.1, -0.05) is 26.2 Å². The van der Waals surface area contributed by atoms with E-state index < -0.39 is 0 Å². The van der Waals surface area contributed by atoms with Gasteiger partial charge in [0.05, 0.1) is 0 Å². The number of hydrogen-bond donors (Lipinski definition) is 1. The highest BCUT2D eigenvalue weighted by Gasteiger charge is 2.29. The van der Waals surface area contributed by atoms with E-state index in [0.717, 1.165) is 17.8 Å². The lowest BCUT2D eigenvalue weighted by atomic mass is 9.79. The van der Waals surface area contributed by atoms with Crippen molar-refractivity contribution in [2.45, 2.75) is 64.3 Å². The molecule has 0 bridgehead atoms. The average molecular weight is 195 g/mol. The fourth-order valence-corrected chi connectivity index (χ4v) is 3.01. The highest BCUT2D eigenvalue weighted by Crippen LogP contribution is 2.36. The maximum atomic E-state index is 6.13. The highest BCUT2D eigenvalue weighted by atomic mass is 14.7. The van der Waals surface area contributed by atoms with Crippen molar-refractivity contribution in [3.63, 3.8) is 0 Å². The van der Waals surface area contributed by atoms with Crippen molar-refractivity contribution in [3.8, 4) is 0 Å². The lowest BCUT2D eigenvalue weighted by molar-refractivity contribution is 0.259. The standard InChI is InChI=1S/C13H25N/c1-10-3-2-4-11(9-10)5-8-13(14)12-6-7-12/h10-13H,2-9,14H2,1H3. The van der Waals surface area contributed by atoms with E-state index in [-0.39, 0.29) is 0 Å². The van der Waals surface area contributed by atoms with Gasteiger partial charge in [0, 0.05) is 6.04 Å². The summed E-state index contributed by atoms with van der Waals surface area (Å²) in [6, 6.07) is 0.534. The third-order valence-electron chi connectivity index (χ3n) is 4.18. The molecule has 0 aromatic carbocycles. The lowest BCUT2D eigenvalue weighted by Gasteiger charge is -2.27. The van der Waals surface area contributed by atoms with Crippen LogP contribution in [-0.2, 0) is 0 Å². The van der Waals surface area contributed by atoms with Crippen LogP contribution < -0.4 is 5.73 Å². The fraction of sp³-hybridized carbons (Fsp3) is 1.00. The van der Waals surface area contributed by atoms with Gasteiger partial charge in [0.2, 0.25) is 0 Å². The van der Waals surface area contributed by atoms with Crippen LogP contribution in [0.3, 0.4) is 0 Å². The Morgan fingerprint density at radius 3 is 2.64 bits per heavy atom. The Balaban J connectivity index is 1.63. The van der Waals surface area contributed by atoms with Gasteiger partial charge in [0.1, 0.15) is 0 Å². The lowest BCUT2D eigenvalue weighted by Crippen LogP contribution is -2.24. The smallest absolute Gasteiger partial charge is 0.00672 e. The molecular weight excluding hydrogens is 170 g/mol. The van der Waals surface area contributed by atoms with Crippen molar-refractivity contribution in [2.24, 2.45) is 23.5 Å². The summed E-state index contributed by atoms with van der Waals surface area (Å²) < 4.78 is 0. The first-order valence-corrected chi connectivity index (χ1v) is 6.51. The quantitative estimate of drug-likeness (QED) is 0.731. The molecule has 0 aliphatic heterocycles. The summed E-state index contributed by atoms with van der Waals surface area (Å²) in [5.74, 6) is 2.88. The molecule has 82 valence electrons. The van der Waals surface area contributed by atoms with E-state index >= 15 is 0 Å². The van der Waals surface area contributed by atoms with Crippen LogP contribution in [0.15, 0.2) is 0 Å². The van der Waals surface area contributed by atoms with E-state index in [1.807, 2.05) is 0 Å². The van der Waals surface area contributed by atoms with Gasteiger partial charge >= 0.3 is 0 Å². The number of rotatable bonds is 4. The molecule has 2 rings (SSSR count). The van der Waals surface area contributed by atoms with E-state index in [1.165, 1.54) is 51.4 Å². The predicted molar refractivity (Wildman–Crippen MR) is 61.1 cm³/mol. The van der Waals surface area contributed by atoms with Crippen LogP contribution in [-0.4, -0.2) is 6.04 Å². The van der Waals surface area contributed by atoms with Gasteiger partial charge in [-0.15, -0.1) is 0 Å². The van der Waals surface area contributed by atoms with E-state index in [0.29, 0.717) is 6.04 Å². The first kappa shape index (κ1) is 10.5. The Kier molecular flexibility index (Phi) is 3.48. The Hall–Kier alpha value is -0.0400. The van der Waals surface area contributed by atoms with E-state index in [4.69, 9.17) is 5.73 Å². The molecule has 2 aliphatic carbocycles. The molecule has 2 aliphatic rings. The zero-order valence-electron chi connectivity index (χ0n) is 9.54. The van der Waals surface area contributed by atoms with Gasteiger partial charge in [0.25, 0.3) is 0 Å². The highest BCUT2D eigenvalue weighted by molar-refractivity contribution is 4.84. The minimum absolute atomic E-state index is 0.534.